The summed E-state index contributed by atoms with van der Waals surface area (Å²) in [5, 5.41) is 9.17. The van der Waals surface area contributed by atoms with E-state index < -0.39 is 5.54 Å². The van der Waals surface area contributed by atoms with Gasteiger partial charge >= 0.3 is 0 Å². The molecule has 0 spiro atoms. The molecule has 2 unspecified atom stereocenters. The zero-order chi connectivity index (χ0) is 11.6. The minimum absolute atomic E-state index is 0.0423. The van der Waals surface area contributed by atoms with Crippen LogP contribution >= 0.6 is 0 Å². The van der Waals surface area contributed by atoms with Crippen LogP contribution in [-0.2, 0) is 0 Å². The van der Waals surface area contributed by atoms with Crippen molar-refractivity contribution in [2.75, 3.05) is 6.61 Å². The lowest BCUT2D eigenvalue weighted by Crippen LogP contribution is -2.41. The van der Waals surface area contributed by atoms with E-state index in [0.29, 0.717) is 0 Å². The van der Waals surface area contributed by atoms with Gasteiger partial charge in [-0.15, -0.1) is 0 Å². The van der Waals surface area contributed by atoms with Gasteiger partial charge in [0, 0.05) is 12.0 Å². The Morgan fingerprint density at radius 2 is 2.38 bits per heavy atom. The van der Waals surface area contributed by atoms with Gasteiger partial charge in [-0.1, -0.05) is 12.1 Å². The minimum Gasteiger partial charge on any atom is -0.490 e. The van der Waals surface area contributed by atoms with Crippen LogP contribution in [0, 0.1) is 6.92 Å². The molecular weight excluding hydrogens is 202 g/mol. The summed E-state index contributed by atoms with van der Waals surface area (Å²) in [7, 11) is 0. The van der Waals surface area contributed by atoms with Crippen molar-refractivity contribution in [3.63, 3.8) is 0 Å². The highest BCUT2D eigenvalue weighted by molar-refractivity contribution is 5.27. The first-order valence-electron chi connectivity index (χ1n) is 5.74. The first-order valence-corrected chi connectivity index (χ1v) is 5.74. The highest BCUT2D eigenvalue weighted by Gasteiger charge is 2.36. The third-order valence-corrected chi connectivity index (χ3v) is 3.21. The molecule has 3 heteroatoms. The Balaban J connectivity index is 1.97. The van der Waals surface area contributed by atoms with Gasteiger partial charge in [0.25, 0.3) is 0 Å². The van der Waals surface area contributed by atoms with Crippen molar-refractivity contribution in [1.82, 2.24) is 0 Å². The third-order valence-electron chi connectivity index (χ3n) is 3.21. The Morgan fingerprint density at radius 1 is 1.56 bits per heavy atom. The van der Waals surface area contributed by atoms with Crippen LogP contribution in [-0.4, -0.2) is 23.4 Å². The lowest BCUT2D eigenvalue weighted by Gasteiger charge is -2.21. The van der Waals surface area contributed by atoms with Crippen molar-refractivity contribution in [1.29, 1.82) is 0 Å². The fourth-order valence-electron chi connectivity index (χ4n) is 2.23. The van der Waals surface area contributed by atoms with Gasteiger partial charge < -0.3 is 15.6 Å². The summed E-state index contributed by atoms with van der Waals surface area (Å²) >= 11 is 0. The van der Waals surface area contributed by atoms with Crippen molar-refractivity contribution in [2.45, 2.75) is 37.8 Å². The average Bonchev–Trinajstić information content (AvgIpc) is 2.61. The number of aliphatic hydroxyl groups is 1. The molecule has 0 aliphatic heterocycles. The molecule has 0 heterocycles. The van der Waals surface area contributed by atoms with E-state index in [-0.39, 0.29) is 12.7 Å². The molecule has 1 aliphatic carbocycles. The number of hydrogen-bond acceptors (Lipinski definition) is 3. The van der Waals surface area contributed by atoms with Gasteiger partial charge in [-0.25, -0.2) is 0 Å². The van der Waals surface area contributed by atoms with Gasteiger partial charge in [-0.3, -0.25) is 0 Å². The first kappa shape index (κ1) is 11.4. The first-order chi connectivity index (χ1) is 7.61. The van der Waals surface area contributed by atoms with E-state index in [1.165, 1.54) is 5.56 Å². The van der Waals surface area contributed by atoms with Crippen molar-refractivity contribution in [2.24, 2.45) is 5.73 Å². The van der Waals surface area contributed by atoms with Crippen LogP contribution in [0.5, 0.6) is 5.75 Å². The molecule has 0 saturated heterocycles. The van der Waals surface area contributed by atoms with Crippen LogP contribution in [0.3, 0.4) is 0 Å². The summed E-state index contributed by atoms with van der Waals surface area (Å²) < 4.78 is 5.86. The van der Waals surface area contributed by atoms with E-state index in [4.69, 9.17) is 10.5 Å². The van der Waals surface area contributed by atoms with Crippen LogP contribution in [0.15, 0.2) is 24.3 Å². The number of hydrogen-bond donors (Lipinski definition) is 2. The SMILES string of the molecule is Cc1cccc(OC2CCC(N)(CO)C2)c1. The normalized spacial score (nSPS) is 29.3. The van der Waals surface area contributed by atoms with E-state index >= 15 is 0 Å². The van der Waals surface area contributed by atoms with Crippen molar-refractivity contribution < 1.29 is 9.84 Å². The van der Waals surface area contributed by atoms with Gasteiger partial charge in [-0.05, 0) is 37.5 Å². The Labute approximate surface area is 96.2 Å². The van der Waals surface area contributed by atoms with Gasteiger partial charge in [0.2, 0.25) is 0 Å². The van der Waals surface area contributed by atoms with E-state index in [9.17, 15) is 5.11 Å². The van der Waals surface area contributed by atoms with Crippen LogP contribution in [0.1, 0.15) is 24.8 Å². The molecule has 2 atom stereocenters. The lowest BCUT2D eigenvalue weighted by atomic mass is 10.0. The van der Waals surface area contributed by atoms with E-state index in [1.54, 1.807) is 0 Å². The molecule has 3 nitrogen and oxygen atoms in total. The molecule has 1 fully saturated rings. The lowest BCUT2D eigenvalue weighted by molar-refractivity contribution is 0.165. The number of ether oxygens (including phenoxy) is 1. The Morgan fingerprint density at radius 3 is 3.00 bits per heavy atom. The summed E-state index contributed by atoms with van der Waals surface area (Å²) in [6.45, 7) is 2.09. The number of benzene rings is 1. The summed E-state index contributed by atoms with van der Waals surface area (Å²) in [5.74, 6) is 0.896. The topological polar surface area (TPSA) is 55.5 Å². The predicted molar refractivity (Wildman–Crippen MR) is 63.5 cm³/mol. The molecule has 2 rings (SSSR count). The maximum absolute atomic E-state index is 9.17. The van der Waals surface area contributed by atoms with E-state index in [2.05, 4.69) is 0 Å². The summed E-state index contributed by atoms with van der Waals surface area (Å²) in [5.41, 5.74) is 6.76. The second-order valence-electron chi connectivity index (χ2n) is 4.82. The average molecular weight is 221 g/mol. The number of aliphatic hydroxyl groups excluding tert-OH is 1. The molecule has 1 saturated carbocycles. The smallest absolute Gasteiger partial charge is 0.119 e. The summed E-state index contributed by atoms with van der Waals surface area (Å²) in [6.07, 6.45) is 2.63. The second kappa shape index (κ2) is 4.44. The van der Waals surface area contributed by atoms with Gasteiger partial charge in [0.1, 0.15) is 11.9 Å². The van der Waals surface area contributed by atoms with Crippen molar-refractivity contribution in [3.05, 3.63) is 29.8 Å². The fraction of sp³-hybridized carbons (Fsp3) is 0.538. The maximum Gasteiger partial charge on any atom is 0.119 e. The molecule has 3 N–H and O–H groups in total. The monoisotopic (exact) mass is 221 g/mol. The van der Waals surface area contributed by atoms with E-state index in [1.807, 2.05) is 31.2 Å². The molecule has 0 bridgehead atoms. The number of nitrogens with two attached hydrogens (primary N) is 1. The van der Waals surface area contributed by atoms with Crippen LogP contribution in [0.2, 0.25) is 0 Å². The zero-order valence-corrected chi connectivity index (χ0v) is 9.65. The standard InChI is InChI=1S/C13H19NO2/c1-10-3-2-4-11(7-10)16-12-5-6-13(14,8-12)9-15/h2-4,7,12,15H,5-6,8-9,14H2,1H3. The van der Waals surface area contributed by atoms with E-state index in [0.717, 1.165) is 25.0 Å². The maximum atomic E-state index is 9.17. The van der Waals surface area contributed by atoms with Gasteiger partial charge in [0.05, 0.1) is 6.61 Å². The molecular formula is C13H19NO2. The third kappa shape index (κ3) is 2.54. The summed E-state index contributed by atoms with van der Waals surface area (Å²) in [4.78, 5) is 0. The van der Waals surface area contributed by atoms with Gasteiger partial charge in [0.15, 0.2) is 0 Å². The van der Waals surface area contributed by atoms with Crippen LogP contribution < -0.4 is 10.5 Å². The van der Waals surface area contributed by atoms with Crippen molar-refractivity contribution >= 4 is 0 Å². The van der Waals surface area contributed by atoms with Crippen LogP contribution in [0.4, 0.5) is 0 Å². The molecule has 1 aromatic rings. The molecule has 1 aliphatic rings. The van der Waals surface area contributed by atoms with Crippen molar-refractivity contribution in [3.8, 4) is 5.75 Å². The largest absolute Gasteiger partial charge is 0.490 e. The second-order valence-corrected chi connectivity index (χ2v) is 4.82. The molecule has 0 aromatic heterocycles. The molecule has 0 amide bonds. The highest BCUT2D eigenvalue weighted by atomic mass is 16.5. The fourth-order valence-corrected chi connectivity index (χ4v) is 2.23. The Kier molecular flexibility index (Phi) is 3.17. The minimum atomic E-state index is -0.436. The quantitative estimate of drug-likeness (QED) is 0.815. The molecule has 16 heavy (non-hydrogen) atoms. The summed E-state index contributed by atoms with van der Waals surface area (Å²) in [6, 6.07) is 8.02. The number of rotatable bonds is 3. The highest BCUT2D eigenvalue weighted by Crippen LogP contribution is 2.30. The molecule has 0 radical (unpaired) electrons. The zero-order valence-electron chi connectivity index (χ0n) is 9.65. The Hall–Kier alpha value is -1.06. The predicted octanol–water partition coefficient (Wildman–Crippen LogP) is 1.62. The molecule has 88 valence electrons. The number of aryl methyl sites for hydroxylation is 1. The van der Waals surface area contributed by atoms with Gasteiger partial charge in [-0.2, -0.15) is 0 Å². The molecule has 1 aromatic carbocycles. The van der Waals surface area contributed by atoms with Crippen LogP contribution in [0.25, 0.3) is 0 Å². The Bertz CT molecular complexity index is 367.